The Balaban J connectivity index is 1.50. The van der Waals surface area contributed by atoms with Gasteiger partial charge in [-0.25, -0.2) is 9.78 Å². The van der Waals surface area contributed by atoms with Gasteiger partial charge < -0.3 is 19.5 Å². The molecule has 8 heteroatoms. The van der Waals surface area contributed by atoms with E-state index in [1.807, 2.05) is 46.8 Å². The maximum atomic E-state index is 13.6. The lowest BCUT2D eigenvalue weighted by Gasteiger charge is -2.39. The molecule has 4 aliphatic rings. The van der Waals surface area contributed by atoms with Crippen molar-refractivity contribution >= 4 is 23.4 Å². The molecule has 8 nitrogen and oxygen atoms in total. The number of aromatic nitrogens is 1. The van der Waals surface area contributed by atoms with Crippen LogP contribution in [-0.4, -0.2) is 64.4 Å². The SMILES string of the molecule is CC(C)(C)OC(=O)N1CCC(COc2ccc3nc2N(C(C)(C)CO)C(=O)C2CC=C3CC2)CC1. The number of likely N-dealkylation sites (tertiary alicyclic amines) is 1. The van der Waals surface area contributed by atoms with Gasteiger partial charge in [-0.3, -0.25) is 9.69 Å². The van der Waals surface area contributed by atoms with Crippen molar-refractivity contribution in [3.63, 3.8) is 0 Å². The number of carbonyl (C=O) groups excluding carboxylic acids is 2. The first-order valence-electron chi connectivity index (χ1n) is 12.7. The predicted octanol–water partition coefficient (Wildman–Crippen LogP) is 4.41. The number of hydrogen-bond donors (Lipinski definition) is 1. The van der Waals surface area contributed by atoms with E-state index in [1.165, 1.54) is 5.57 Å². The van der Waals surface area contributed by atoms with Gasteiger partial charge in [-0.1, -0.05) is 6.08 Å². The second-order valence-corrected chi connectivity index (χ2v) is 11.6. The number of amides is 2. The minimum absolute atomic E-state index is 0.0126. The normalized spacial score (nSPS) is 21.3. The number of hydrogen-bond acceptors (Lipinski definition) is 6. The minimum Gasteiger partial charge on any atom is -0.489 e. The van der Waals surface area contributed by atoms with Crippen molar-refractivity contribution in [1.82, 2.24) is 9.88 Å². The first-order valence-corrected chi connectivity index (χ1v) is 12.7. The highest BCUT2D eigenvalue weighted by atomic mass is 16.6. The Labute approximate surface area is 208 Å². The number of carbonyl (C=O) groups is 2. The largest absolute Gasteiger partial charge is 0.489 e. The Morgan fingerprint density at radius 1 is 1.14 bits per heavy atom. The maximum absolute atomic E-state index is 13.6. The Morgan fingerprint density at radius 3 is 2.46 bits per heavy atom. The van der Waals surface area contributed by atoms with Gasteiger partial charge in [-0.15, -0.1) is 0 Å². The summed E-state index contributed by atoms with van der Waals surface area (Å²) in [5.74, 6) is 1.19. The van der Waals surface area contributed by atoms with E-state index in [2.05, 4.69) is 6.08 Å². The number of nitrogens with zero attached hydrogens (tertiary/aromatic N) is 3. The lowest BCUT2D eigenvalue weighted by molar-refractivity contribution is -0.124. The van der Waals surface area contributed by atoms with Gasteiger partial charge in [0.15, 0.2) is 11.6 Å². The molecule has 1 saturated heterocycles. The molecule has 0 radical (unpaired) electrons. The quantitative estimate of drug-likeness (QED) is 0.664. The second-order valence-electron chi connectivity index (χ2n) is 11.6. The molecule has 3 aliphatic heterocycles. The van der Waals surface area contributed by atoms with Crippen molar-refractivity contribution in [1.29, 1.82) is 0 Å². The van der Waals surface area contributed by atoms with E-state index in [-0.39, 0.29) is 30.4 Å². The number of fused-ring (bicyclic) bond motifs is 3. The van der Waals surface area contributed by atoms with Crippen LogP contribution in [0.1, 0.15) is 72.4 Å². The van der Waals surface area contributed by atoms with E-state index in [0.29, 0.717) is 37.7 Å². The monoisotopic (exact) mass is 485 g/mol. The molecule has 5 rings (SSSR count). The first kappa shape index (κ1) is 25.5. The summed E-state index contributed by atoms with van der Waals surface area (Å²) in [6.07, 6.45) is 5.81. The van der Waals surface area contributed by atoms with Gasteiger partial charge in [-0.05, 0) is 90.3 Å². The van der Waals surface area contributed by atoms with Gasteiger partial charge >= 0.3 is 6.09 Å². The zero-order valence-corrected chi connectivity index (χ0v) is 21.7. The van der Waals surface area contributed by atoms with Crippen molar-refractivity contribution < 1.29 is 24.2 Å². The standard InChI is InChI=1S/C27H39N3O5/c1-26(2,3)35-25(33)29-14-12-18(13-15-29)16-34-22-11-10-21-19-6-8-20(9-7-19)24(32)30(23(22)28-21)27(4,5)17-31/h6,10-11,18,20,31H,7-9,12-17H2,1-5H3. The minimum atomic E-state index is -0.813. The summed E-state index contributed by atoms with van der Waals surface area (Å²) in [5.41, 5.74) is 0.715. The molecule has 1 aromatic heterocycles. The van der Waals surface area contributed by atoms with E-state index in [4.69, 9.17) is 14.5 Å². The van der Waals surface area contributed by atoms with Crippen LogP contribution >= 0.6 is 0 Å². The predicted molar refractivity (Wildman–Crippen MR) is 134 cm³/mol. The molecule has 2 amide bonds. The van der Waals surface area contributed by atoms with Gasteiger partial charge in [0.1, 0.15) is 5.60 Å². The van der Waals surface area contributed by atoms with Crippen molar-refractivity contribution in [2.75, 3.05) is 31.2 Å². The number of aliphatic hydroxyl groups excluding tert-OH is 1. The molecule has 1 N–H and O–H groups in total. The van der Waals surface area contributed by atoms with E-state index in [1.54, 1.807) is 9.80 Å². The molecule has 4 heterocycles. The van der Waals surface area contributed by atoms with Crippen molar-refractivity contribution in [3.05, 3.63) is 23.9 Å². The summed E-state index contributed by atoms with van der Waals surface area (Å²) in [6.45, 7) is 10.9. The average Bonchev–Trinajstić information content (AvgIpc) is 2.89. The van der Waals surface area contributed by atoms with E-state index in [0.717, 1.165) is 31.4 Å². The third-order valence-corrected chi connectivity index (χ3v) is 7.09. The molecule has 0 spiro atoms. The molecule has 1 unspecified atom stereocenters. The topological polar surface area (TPSA) is 92.2 Å². The summed E-state index contributed by atoms with van der Waals surface area (Å²) >= 11 is 0. The Hall–Kier alpha value is -2.61. The van der Waals surface area contributed by atoms with Crippen LogP contribution in [0.2, 0.25) is 0 Å². The fourth-order valence-electron chi connectivity index (χ4n) is 4.94. The number of ether oxygens (including phenoxy) is 2. The summed E-state index contributed by atoms with van der Waals surface area (Å²) in [4.78, 5) is 34.3. The second kappa shape index (κ2) is 9.80. The number of anilines is 1. The van der Waals surface area contributed by atoms with Gasteiger partial charge in [0, 0.05) is 19.0 Å². The summed E-state index contributed by atoms with van der Waals surface area (Å²) in [5, 5.41) is 10.1. The Kier molecular flexibility index (Phi) is 7.13. The zero-order valence-electron chi connectivity index (χ0n) is 21.7. The van der Waals surface area contributed by atoms with Crippen molar-refractivity contribution in [2.45, 2.75) is 77.9 Å². The Bertz CT molecular complexity index is 989. The number of aliphatic hydroxyl groups is 1. The van der Waals surface area contributed by atoms with Crippen molar-refractivity contribution in [3.8, 4) is 5.75 Å². The lowest BCUT2D eigenvalue weighted by atomic mass is 9.87. The highest BCUT2D eigenvalue weighted by Crippen LogP contribution is 2.40. The molecule has 0 saturated carbocycles. The maximum Gasteiger partial charge on any atom is 0.410 e. The molecule has 0 aromatic carbocycles. The fourth-order valence-corrected chi connectivity index (χ4v) is 4.94. The van der Waals surface area contributed by atoms with Gasteiger partial charge in [0.2, 0.25) is 5.91 Å². The van der Waals surface area contributed by atoms with Crippen LogP contribution in [0.15, 0.2) is 18.2 Å². The van der Waals surface area contributed by atoms with E-state index >= 15 is 0 Å². The third-order valence-electron chi connectivity index (χ3n) is 7.09. The molecule has 1 aromatic rings. The summed E-state index contributed by atoms with van der Waals surface area (Å²) < 4.78 is 11.8. The van der Waals surface area contributed by atoms with Crippen LogP contribution in [-0.2, 0) is 9.53 Å². The van der Waals surface area contributed by atoms with Crippen LogP contribution in [0, 0.1) is 11.8 Å². The number of allylic oxidation sites excluding steroid dienone is 2. The van der Waals surface area contributed by atoms with Gasteiger partial charge in [-0.2, -0.15) is 0 Å². The molecule has 35 heavy (non-hydrogen) atoms. The van der Waals surface area contributed by atoms with Crippen LogP contribution in [0.3, 0.4) is 0 Å². The Morgan fingerprint density at radius 2 is 1.86 bits per heavy atom. The number of pyridine rings is 1. The smallest absolute Gasteiger partial charge is 0.410 e. The fraction of sp³-hybridized carbons (Fsp3) is 0.667. The summed E-state index contributed by atoms with van der Waals surface area (Å²) in [6, 6.07) is 3.87. The van der Waals surface area contributed by atoms with E-state index < -0.39 is 11.1 Å². The molecule has 192 valence electrons. The highest BCUT2D eigenvalue weighted by molar-refractivity contribution is 5.98. The molecule has 1 fully saturated rings. The van der Waals surface area contributed by atoms with E-state index in [9.17, 15) is 14.7 Å². The van der Waals surface area contributed by atoms with Crippen LogP contribution in [0.4, 0.5) is 10.6 Å². The van der Waals surface area contributed by atoms with Gasteiger partial charge in [0.05, 0.1) is 24.4 Å². The molecule has 1 atom stereocenters. The lowest BCUT2D eigenvalue weighted by Crippen LogP contribution is -2.53. The molecule has 4 bridgehead atoms. The van der Waals surface area contributed by atoms with Crippen LogP contribution in [0.25, 0.3) is 5.57 Å². The summed E-state index contributed by atoms with van der Waals surface area (Å²) in [7, 11) is 0. The third kappa shape index (κ3) is 5.63. The van der Waals surface area contributed by atoms with Gasteiger partial charge in [0.25, 0.3) is 0 Å². The molecular weight excluding hydrogens is 446 g/mol. The molecule has 1 aliphatic carbocycles. The highest BCUT2D eigenvalue weighted by Gasteiger charge is 2.40. The number of rotatable bonds is 5. The number of piperidine rings is 1. The van der Waals surface area contributed by atoms with Crippen LogP contribution in [0.5, 0.6) is 5.75 Å². The van der Waals surface area contributed by atoms with Crippen molar-refractivity contribution in [2.24, 2.45) is 11.8 Å². The first-order chi connectivity index (χ1) is 16.5. The molecular formula is C27H39N3O5. The zero-order chi connectivity index (χ0) is 25.4. The average molecular weight is 486 g/mol. The van der Waals surface area contributed by atoms with Crippen LogP contribution < -0.4 is 9.64 Å².